The van der Waals surface area contributed by atoms with E-state index in [0.717, 1.165) is 56.9 Å². The molecule has 1 saturated carbocycles. The third kappa shape index (κ3) is 6.36. The van der Waals surface area contributed by atoms with E-state index in [1.165, 1.54) is 39.2 Å². The van der Waals surface area contributed by atoms with Crippen LogP contribution in [0.4, 0.5) is 9.18 Å². The Labute approximate surface area is 168 Å². The van der Waals surface area contributed by atoms with Gasteiger partial charge in [0.1, 0.15) is 0 Å². The number of hydrogen-bond donors (Lipinski definition) is 2. The SMILES string of the molecule is COc1ccc(CN2CCC(NC(=O)NCCCC3CCCC3)CC2)cc1F. The monoisotopic (exact) mass is 391 g/mol. The first-order valence-electron chi connectivity index (χ1n) is 10.7. The van der Waals surface area contributed by atoms with Crippen LogP contribution in [0.25, 0.3) is 0 Å². The summed E-state index contributed by atoms with van der Waals surface area (Å²) in [5.41, 5.74) is 0.949. The van der Waals surface area contributed by atoms with Gasteiger partial charge in [-0.1, -0.05) is 31.7 Å². The Morgan fingerprint density at radius 3 is 2.64 bits per heavy atom. The maximum Gasteiger partial charge on any atom is 0.315 e. The average molecular weight is 392 g/mol. The van der Waals surface area contributed by atoms with E-state index < -0.39 is 0 Å². The van der Waals surface area contributed by atoms with Crippen molar-refractivity contribution in [2.45, 2.75) is 64.0 Å². The Bertz CT molecular complexity index is 626. The predicted molar refractivity (Wildman–Crippen MR) is 109 cm³/mol. The first kappa shape index (κ1) is 20.9. The topological polar surface area (TPSA) is 53.6 Å². The minimum atomic E-state index is -0.318. The van der Waals surface area contributed by atoms with Gasteiger partial charge in [0, 0.05) is 32.2 Å². The molecule has 0 atom stereocenters. The Morgan fingerprint density at radius 2 is 1.96 bits per heavy atom. The van der Waals surface area contributed by atoms with E-state index in [1.807, 2.05) is 6.07 Å². The molecule has 1 aliphatic heterocycles. The van der Waals surface area contributed by atoms with E-state index >= 15 is 0 Å². The van der Waals surface area contributed by atoms with Crippen molar-refractivity contribution in [3.05, 3.63) is 29.6 Å². The summed E-state index contributed by atoms with van der Waals surface area (Å²) in [5, 5.41) is 6.11. The number of nitrogens with one attached hydrogen (secondary N) is 2. The van der Waals surface area contributed by atoms with Gasteiger partial charge >= 0.3 is 6.03 Å². The van der Waals surface area contributed by atoms with Gasteiger partial charge in [-0.15, -0.1) is 0 Å². The Balaban J connectivity index is 1.30. The summed E-state index contributed by atoms with van der Waals surface area (Å²) in [5.74, 6) is 0.843. The number of rotatable bonds is 8. The summed E-state index contributed by atoms with van der Waals surface area (Å²) in [4.78, 5) is 14.4. The lowest BCUT2D eigenvalue weighted by Gasteiger charge is -2.32. The standard InChI is InChI=1S/C22H34FN3O2/c1-28-21-9-8-18(15-20(21)23)16-26-13-10-19(11-14-26)25-22(27)24-12-4-7-17-5-2-3-6-17/h8-9,15,17,19H,2-7,10-14,16H2,1H3,(H2,24,25,27). The number of piperidine rings is 1. The van der Waals surface area contributed by atoms with E-state index in [1.54, 1.807) is 12.1 Å². The maximum absolute atomic E-state index is 13.8. The Hall–Kier alpha value is -1.82. The number of benzene rings is 1. The summed E-state index contributed by atoms with van der Waals surface area (Å²) >= 11 is 0. The fourth-order valence-electron chi connectivity index (χ4n) is 4.43. The van der Waals surface area contributed by atoms with Crippen molar-refractivity contribution in [2.24, 2.45) is 5.92 Å². The van der Waals surface area contributed by atoms with Crippen molar-refractivity contribution in [3.8, 4) is 5.75 Å². The van der Waals surface area contributed by atoms with Crippen LogP contribution < -0.4 is 15.4 Å². The van der Waals surface area contributed by atoms with E-state index in [0.29, 0.717) is 0 Å². The van der Waals surface area contributed by atoms with Gasteiger partial charge in [0.05, 0.1) is 7.11 Å². The Morgan fingerprint density at radius 1 is 1.21 bits per heavy atom. The highest BCUT2D eigenvalue weighted by Gasteiger charge is 2.21. The minimum absolute atomic E-state index is 0.0397. The quantitative estimate of drug-likeness (QED) is 0.657. The van der Waals surface area contributed by atoms with Crippen LogP contribution in [0.5, 0.6) is 5.75 Å². The highest BCUT2D eigenvalue weighted by molar-refractivity contribution is 5.74. The number of carbonyl (C=O) groups excluding carboxylic acids is 1. The van der Waals surface area contributed by atoms with Gasteiger partial charge in [-0.05, 0) is 49.3 Å². The summed E-state index contributed by atoms with van der Waals surface area (Å²) in [6.45, 7) is 3.30. The van der Waals surface area contributed by atoms with Crippen LogP contribution in [0.3, 0.4) is 0 Å². The molecule has 3 rings (SSSR count). The van der Waals surface area contributed by atoms with Crippen LogP contribution in [-0.2, 0) is 6.54 Å². The van der Waals surface area contributed by atoms with Crippen LogP contribution in [0, 0.1) is 11.7 Å². The zero-order chi connectivity index (χ0) is 19.8. The normalized spacial score (nSPS) is 18.9. The molecule has 1 aromatic carbocycles. The molecule has 156 valence electrons. The molecule has 0 spiro atoms. The van der Waals surface area contributed by atoms with Gasteiger partial charge in [-0.3, -0.25) is 4.90 Å². The van der Waals surface area contributed by atoms with Crippen molar-refractivity contribution in [1.82, 2.24) is 15.5 Å². The van der Waals surface area contributed by atoms with Gasteiger partial charge in [-0.2, -0.15) is 0 Å². The van der Waals surface area contributed by atoms with E-state index in [-0.39, 0.29) is 23.6 Å². The number of nitrogens with zero attached hydrogens (tertiary/aromatic N) is 1. The molecule has 1 aromatic rings. The molecular weight excluding hydrogens is 357 g/mol. The first-order chi connectivity index (χ1) is 13.6. The Kier molecular flexibility index (Phi) is 7.95. The minimum Gasteiger partial charge on any atom is -0.494 e. The number of amides is 2. The van der Waals surface area contributed by atoms with Gasteiger partial charge < -0.3 is 15.4 Å². The molecule has 2 amide bonds. The lowest BCUT2D eigenvalue weighted by Crippen LogP contribution is -2.47. The molecule has 0 radical (unpaired) electrons. The van der Waals surface area contributed by atoms with E-state index in [9.17, 15) is 9.18 Å². The number of methoxy groups -OCH3 is 1. The van der Waals surface area contributed by atoms with Crippen molar-refractivity contribution in [1.29, 1.82) is 0 Å². The predicted octanol–water partition coefficient (Wildman–Crippen LogP) is 4.07. The molecule has 2 fully saturated rings. The number of likely N-dealkylation sites (tertiary alicyclic amines) is 1. The number of halogens is 1. The molecule has 1 heterocycles. The smallest absolute Gasteiger partial charge is 0.315 e. The average Bonchev–Trinajstić information content (AvgIpc) is 3.21. The number of ether oxygens (including phenoxy) is 1. The first-order valence-corrected chi connectivity index (χ1v) is 10.7. The van der Waals surface area contributed by atoms with Crippen molar-refractivity contribution in [2.75, 3.05) is 26.7 Å². The fourth-order valence-corrected chi connectivity index (χ4v) is 4.43. The zero-order valence-electron chi connectivity index (χ0n) is 17.0. The lowest BCUT2D eigenvalue weighted by molar-refractivity contribution is 0.186. The third-order valence-electron chi connectivity index (χ3n) is 6.09. The molecule has 1 aliphatic carbocycles. The molecule has 0 bridgehead atoms. The summed E-state index contributed by atoms with van der Waals surface area (Å²) in [6, 6.07) is 5.31. The van der Waals surface area contributed by atoms with Crippen LogP contribution in [-0.4, -0.2) is 43.7 Å². The molecule has 0 aromatic heterocycles. The number of carbonyl (C=O) groups is 1. The largest absolute Gasteiger partial charge is 0.494 e. The molecule has 2 N–H and O–H groups in total. The molecule has 2 aliphatic rings. The maximum atomic E-state index is 13.8. The van der Waals surface area contributed by atoms with Crippen LogP contribution in [0.2, 0.25) is 0 Å². The lowest BCUT2D eigenvalue weighted by atomic mass is 10.0. The van der Waals surface area contributed by atoms with Crippen molar-refractivity contribution in [3.63, 3.8) is 0 Å². The highest BCUT2D eigenvalue weighted by Crippen LogP contribution is 2.28. The number of hydrogen-bond acceptors (Lipinski definition) is 3. The molecule has 1 saturated heterocycles. The highest BCUT2D eigenvalue weighted by atomic mass is 19.1. The molecular formula is C22H34FN3O2. The van der Waals surface area contributed by atoms with Crippen LogP contribution in [0.1, 0.15) is 56.9 Å². The van der Waals surface area contributed by atoms with Gasteiger partial charge in [0.2, 0.25) is 0 Å². The van der Waals surface area contributed by atoms with E-state index in [4.69, 9.17) is 4.74 Å². The van der Waals surface area contributed by atoms with Gasteiger partial charge in [-0.25, -0.2) is 9.18 Å². The summed E-state index contributed by atoms with van der Waals surface area (Å²) in [7, 11) is 1.47. The second-order valence-electron chi connectivity index (χ2n) is 8.21. The zero-order valence-corrected chi connectivity index (χ0v) is 17.0. The third-order valence-corrected chi connectivity index (χ3v) is 6.09. The van der Waals surface area contributed by atoms with Crippen molar-refractivity contribution >= 4 is 6.03 Å². The van der Waals surface area contributed by atoms with Gasteiger partial charge in [0.15, 0.2) is 11.6 Å². The second-order valence-corrected chi connectivity index (χ2v) is 8.21. The number of urea groups is 1. The van der Waals surface area contributed by atoms with Gasteiger partial charge in [0.25, 0.3) is 0 Å². The van der Waals surface area contributed by atoms with Crippen molar-refractivity contribution < 1.29 is 13.9 Å². The van der Waals surface area contributed by atoms with Crippen LogP contribution >= 0.6 is 0 Å². The molecule has 6 heteroatoms. The molecule has 28 heavy (non-hydrogen) atoms. The fraction of sp³-hybridized carbons (Fsp3) is 0.682. The van der Waals surface area contributed by atoms with Crippen LogP contribution in [0.15, 0.2) is 18.2 Å². The molecule has 5 nitrogen and oxygen atoms in total. The van der Waals surface area contributed by atoms with E-state index in [2.05, 4.69) is 15.5 Å². The summed E-state index contributed by atoms with van der Waals surface area (Å²) < 4.78 is 18.8. The summed E-state index contributed by atoms with van der Waals surface area (Å²) in [6.07, 6.45) is 9.67. The molecule has 0 unspecified atom stereocenters. The second kappa shape index (κ2) is 10.6.